The minimum Gasteiger partial charge on any atom is -0.397 e. The molecule has 0 unspecified atom stereocenters. The van der Waals surface area contributed by atoms with Crippen LogP contribution in [-0.2, 0) is 6.18 Å². The second-order valence-electron chi connectivity index (χ2n) is 4.06. The van der Waals surface area contributed by atoms with Gasteiger partial charge in [-0.3, -0.25) is 4.98 Å². The van der Waals surface area contributed by atoms with Crippen molar-refractivity contribution in [2.24, 2.45) is 0 Å². The lowest BCUT2D eigenvalue weighted by atomic mass is 10.1. The standard InChI is InChI=1S/C13H10F4N2/c1-7-11(18)4-5-12(19-7)8-2-3-9(10(14)6-8)13(15,16)17/h2-6H,18H2,1H3. The topological polar surface area (TPSA) is 38.9 Å². The van der Waals surface area contributed by atoms with Crippen molar-refractivity contribution >= 4 is 5.69 Å². The van der Waals surface area contributed by atoms with Gasteiger partial charge in [0.15, 0.2) is 0 Å². The number of rotatable bonds is 1. The van der Waals surface area contributed by atoms with E-state index in [0.29, 0.717) is 23.1 Å². The number of alkyl halides is 3. The van der Waals surface area contributed by atoms with E-state index >= 15 is 0 Å². The highest BCUT2D eigenvalue weighted by atomic mass is 19.4. The zero-order valence-corrected chi connectivity index (χ0v) is 9.92. The molecular weight excluding hydrogens is 260 g/mol. The molecule has 0 saturated carbocycles. The maximum absolute atomic E-state index is 13.4. The molecule has 0 fully saturated rings. The molecule has 0 aliphatic carbocycles. The number of pyridine rings is 1. The van der Waals surface area contributed by atoms with Crippen molar-refractivity contribution in [2.45, 2.75) is 13.1 Å². The fourth-order valence-corrected chi connectivity index (χ4v) is 1.64. The van der Waals surface area contributed by atoms with Crippen LogP contribution in [0.4, 0.5) is 23.2 Å². The predicted octanol–water partition coefficient (Wildman–Crippen LogP) is 3.80. The molecule has 1 aromatic carbocycles. The first-order chi connectivity index (χ1) is 8.79. The second-order valence-corrected chi connectivity index (χ2v) is 4.06. The van der Waals surface area contributed by atoms with Gasteiger partial charge in [0, 0.05) is 5.56 Å². The number of nitrogens with zero attached hydrogens (tertiary/aromatic N) is 1. The van der Waals surface area contributed by atoms with E-state index in [1.54, 1.807) is 13.0 Å². The molecule has 0 saturated heterocycles. The Balaban J connectivity index is 2.47. The van der Waals surface area contributed by atoms with Crippen LogP contribution in [0.15, 0.2) is 30.3 Å². The van der Waals surface area contributed by atoms with Gasteiger partial charge < -0.3 is 5.73 Å². The molecule has 0 amide bonds. The van der Waals surface area contributed by atoms with Crippen molar-refractivity contribution in [3.05, 3.63) is 47.4 Å². The Bertz CT molecular complexity index is 621. The van der Waals surface area contributed by atoms with E-state index < -0.39 is 17.6 Å². The van der Waals surface area contributed by atoms with Gasteiger partial charge in [-0.1, -0.05) is 6.07 Å². The number of benzene rings is 1. The van der Waals surface area contributed by atoms with E-state index in [0.717, 1.165) is 6.07 Å². The predicted molar refractivity (Wildman–Crippen MR) is 63.8 cm³/mol. The molecule has 0 atom stereocenters. The number of nitrogen functional groups attached to an aromatic ring is 1. The SMILES string of the molecule is Cc1nc(-c2ccc(C(F)(F)F)c(F)c2)ccc1N. The summed E-state index contributed by atoms with van der Waals surface area (Å²) in [6, 6.07) is 5.82. The van der Waals surface area contributed by atoms with Crippen molar-refractivity contribution in [1.82, 2.24) is 4.98 Å². The number of halogens is 4. The molecular formula is C13H10F4N2. The summed E-state index contributed by atoms with van der Waals surface area (Å²) in [6.45, 7) is 1.67. The Hall–Kier alpha value is -2.11. The van der Waals surface area contributed by atoms with E-state index in [-0.39, 0.29) is 5.56 Å². The third-order valence-electron chi connectivity index (χ3n) is 2.70. The monoisotopic (exact) mass is 270 g/mol. The molecule has 0 radical (unpaired) electrons. The van der Waals surface area contributed by atoms with Gasteiger partial charge in [-0.15, -0.1) is 0 Å². The van der Waals surface area contributed by atoms with Gasteiger partial charge >= 0.3 is 6.18 Å². The normalized spacial score (nSPS) is 11.6. The number of hydrogen-bond acceptors (Lipinski definition) is 2. The van der Waals surface area contributed by atoms with Crippen LogP contribution in [0.2, 0.25) is 0 Å². The summed E-state index contributed by atoms with van der Waals surface area (Å²) in [6.07, 6.45) is -4.70. The molecule has 0 aliphatic heterocycles. The minimum absolute atomic E-state index is 0.272. The Morgan fingerprint density at radius 1 is 1.11 bits per heavy atom. The molecule has 1 heterocycles. The fourth-order valence-electron chi connectivity index (χ4n) is 1.64. The van der Waals surface area contributed by atoms with E-state index in [4.69, 9.17) is 5.73 Å². The zero-order chi connectivity index (χ0) is 14.2. The Morgan fingerprint density at radius 2 is 1.79 bits per heavy atom. The highest BCUT2D eigenvalue weighted by Crippen LogP contribution is 2.33. The third-order valence-corrected chi connectivity index (χ3v) is 2.70. The van der Waals surface area contributed by atoms with Crippen LogP contribution in [-0.4, -0.2) is 4.98 Å². The molecule has 2 aromatic rings. The van der Waals surface area contributed by atoms with Crippen molar-refractivity contribution in [1.29, 1.82) is 0 Å². The molecule has 6 heteroatoms. The molecule has 19 heavy (non-hydrogen) atoms. The maximum atomic E-state index is 13.4. The lowest BCUT2D eigenvalue weighted by Gasteiger charge is -2.10. The first-order valence-corrected chi connectivity index (χ1v) is 5.39. The van der Waals surface area contributed by atoms with Crippen LogP contribution in [0.1, 0.15) is 11.3 Å². The van der Waals surface area contributed by atoms with Gasteiger partial charge in [-0.2, -0.15) is 13.2 Å². The maximum Gasteiger partial charge on any atom is 0.419 e. The number of aryl methyl sites for hydroxylation is 1. The first-order valence-electron chi connectivity index (χ1n) is 5.39. The van der Waals surface area contributed by atoms with Gasteiger partial charge in [0.1, 0.15) is 5.82 Å². The number of hydrogen-bond donors (Lipinski definition) is 1. The Morgan fingerprint density at radius 3 is 2.32 bits per heavy atom. The quantitative estimate of drug-likeness (QED) is 0.800. The van der Waals surface area contributed by atoms with Crippen LogP contribution in [0, 0.1) is 12.7 Å². The highest BCUT2D eigenvalue weighted by Gasteiger charge is 2.33. The van der Waals surface area contributed by atoms with Crippen molar-refractivity contribution in [3.8, 4) is 11.3 Å². The van der Waals surface area contributed by atoms with E-state index in [1.807, 2.05) is 0 Å². The van der Waals surface area contributed by atoms with Crippen molar-refractivity contribution in [2.75, 3.05) is 5.73 Å². The summed E-state index contributed by atoms with van der Waals surface area (Å²) in [4.78, 5) is 4.10. The number of nitrogens with two attached hydrogens (primary N) is 1. The number of aromatic nitrogens is 1. The first kappa shape index (κ1) is 13.3. The molecule has 2 rings (SSSR count). The summed E-state index contributed by atoms with van der Waals surface area (Å²) in [5, 5.41) is 0. The van der Waals surface area contributed by atoms with E-state index in [1.165, 1.54) is 12.1 Å². The molecule has 2 N–H and O–H groups in total. The van der Waals surface area contributed by atoms with Gasteiger partial charge in [0.2, 0.25) is 0 Å². The average molecular weight is 270 g/mol. The second kappa shape index (κ2) is 4.53. The molecule has 100 valence electrons. The largest absolute Gasteiger partial charge is 0.419 e. The van der Waals surface area contributed by atoms with E-state index in [2.05, 4.69) is 4.98 Å². The van der Waals surface area contributed by atoms with Crippen LogP contribution in [0.25, 0.3) is 11.3 Å². The number of anilines is 1. The Labute approximate surface area is 106 Å². The summed E-state index contributed by atoms with van der Waals surface area (Å²) < 4.78 is 50.7. The van der Waals surface area contributed by atoms with Gasteiger partial charge in [-0.05, 0) is 31.2 Å². The molecule has 2 nitrogen and oxygen atoms in total. The summed E-state index contributed by atoms with van der Waals surface area (Å²) in [5.41, 5.74) is 5.96. The van der Waals surface area contributed by atoms with Crippen LogP contribution >= 0.6 is 0 Å². The molecule has 0 spiro atoms. The highest BCUT2D eigenvalue weighted by molar-refractivity contribution is 5.62. The van der Waals surface area contributed by atoms with Crippen LogP contribution in [0.5, 0.6) is 0 Å². The van der Waals surface area contributed by atoms with Crippen molar-refractivity contribution < 1.29 is 17.6 Å². The average Bonchev–Trinajstić information content (AvgIpc) is 2.31. The van der Waals surface area contributed by atoms with Crippen LogP contribution < -0.4 is 5.73 Å². The van der Waals surface area contributed by atoms with E-state index in [9.17, 15) is 17.6 Å². The summed E-state index contributed by atoms with van der Waals surface area (Å²) >= 11 is 0. The van der Waals surface area contributed by atoms with Gasteiger partial charge in [-0.25, -0.2) is 4.39 Å². The molecule has 1 aromatic heterocycles. The lowest BCUT2D eigenvalue weighted by Crippen LogP contribution is -2.08. The summed E-state index contributed by atoms with van der Waals surface area (Å²) in [5.74, 6) is -1.32. The molecule has 0 bridgehead atoms. The summed E-state index contributed by atoms with van der Waals surface area (Å²) in [7, 11) is 0. The van der Waals surface area contributed by atoms with Crippen LogP contribution in [0.3, 0.4) is 0 Å². The lowest BCUT2D eigenvalue weighted by molar-refractivity contribution is -0.139. The smallest absolute Gasteiger partial charge is 0.397 e. The minimum atomic E-state index is -4.70. The van der Waals surface area contributed by atoms with Crippen molar-refractivity contribution in [3.63, 3.8) is 0 Å². The molecule has 0 aliphatic rings. The van der Waals surface area contributed by atoms with Gasteiger partial charge in [0.25, 0.3) is 0 Å². The Kier molecular flexibility index (Phi) is 3.18. The van der Waals surface area contributed by atoms with Gasteiger partial charge in [0.05, 0.1) is 22.6 Å². The zero-order valence-electron chi connectivity index (χ0n) is 9.92. The fraction of sp³-hybridized carbons (Fsp3) is 0.154. The third kappa shape index (κ3) is 2.67.